The summed E-state index contributed by atoms with van der Waals surface area (Å²) in [6, 6.07) is 83.3. The van der Waals surface area contributed by atoms with Crippen molar-refractivity contribution in [3.8, 4) is 22.3 Å². The van der Waals surface area contributed by atoms with Crippen molar-refractivity contribution in [1.29, 1.82) is 0 Å². The quantitative estimate of drug-likeness (QED) is 0.161. The highest BCUT2D eigenvalue weighted by molar-refractivity contribution is 7.27. The lowest BCUT2D eigenvalue weighted by Crippen LogP contribution is -2.28. The van der Waals surface area contributed by atoms with Gasteiger partial charge in [-0.05, 0) is 117 Å². The molecule has 13 rings (SSSR count). The highest BCUT2D eigenvalue weighted by Gasteiger charge is 2.46. The van der Waals surface area contributed by atoms with Crippen LogP contribution in [0.2, 0.25) is 0 Å². The normalized spacial score (nSPS) is 13.0. The van der Waals surface area contributed by atoms with Crippen molar-refractivity contribution in [3.63, 3.8) is 0 Å². The van der Waals surface area contributed by atoms with Crippen LogP contribution in [0.15, 0.2) is 224 Å². The minimum atomic E-state index is -0.477. The number of anilines is 3. The fourth-order valence-electron chi connectivity index (χ4n) is 10.5. The molecule has 290 valence electrons. The van der Waals surface area contributed by atoms with E-state index in [4.69, 9.17) is 0 Å². The molecule has 0 atom stereocenters. The second-order valence-electron chi connectivity index (χ2n) is 16.4. The molecule has 0 fully saturated rings. The van der Waals surface area contributed by atoms with Crippen LogP contribution in [0.1, 0.15) is 22.3 Å². The van der Waals surface area contributed by atoms with Crippen LogP contribution in [-0.2, 0) is 5.41 Å². The number of nitrogens with zero attached hydrogens (tertiary/aromatic N) is 1. The van der Waals surface area contributed by atoms with Gasteiger partial charge in [-0.15, -0.1) is 22.7 Å². The van der Waals surface area contributed by atoms with Gasteiger partial charge in [0, 0.05) is 62.8 Å². The van der Waals surface area contributed by atoms with E-state index in [0.717, 1.165) is 17.1 Å². The lowest BCUT2D eigenvalue weighted by atomic mass is 9.67. The number of benzene rings is 10. The van der Waals surface area contributed by atoms with Gasteiger partial charge in [-0.1, -0.05) is 158 Å². The Morgan fingerprint density at radius 1 is 0.323 bits per heavy atom. The molecule has 3 heteroatoms. The van der Waals surface area contributed by atoms with Crippen molar-refractivity contribution in [2.75, 3.05) is 4.90 Å². The number of fused-ring (bicyclic) bond motifs is 12. The molecule has 0 radical (unpaired) electrons. The Bertz CT molecular complexity index is 3630. The van der Waals surface area contributed by atoms with Gasteiger partial charge < -0.3 is 4.90 Å². The van der Waals surface area contributed by atoms with E-state index in [1.165, 1.54) is 95.6 Å². The van der Waals surface area contributed by atoms with E-state index in [1.54, 1.807) is 0 Å². The van der Waals surface area contributed by atoms with Gasteiger partial charge in [0.1, 0.15) is 0 Å². The van der Waals surface area contributed by atoms with E-state index in [0.29, 0.717) is 0 Å². The van der Waals surface area contributed by atoms with E-state index in [2.05, 4.69) is 229 Å². The van der Waals surface area contributed by atoms with Gasteiger partial charge in [-0.2, -0.15) is 0 Å². The van der Waals surface area contributed by atoms with Crippen molar-refractivity contribution < 1.29 is 0 Å². The Labute approximate surface area is 368 Å². The van der Waals surface area contributed by atoms with E-state index in [9.17, 15) is 0 Å². The molecule has 0 N–H and O–H groups in total. The Morgan fingerprint density at radius 2 is 0.855 bits per heavy atom. The maximum atomic E-state index is 2.45. The SMILES string of the molecule is c1ccc(N(c2ccc(-c3ccc4sc5ccc6ccc7sc8ccccc8c7c6c5c4c3)cc2)c2ccc3c(c2)C(c2ccccc2)(c2ccccc2)c2ccccc2-3)cc1. The summed E-state index contributed by atoms with van der Waals surface area (Å²) in [7, 11) is 0. The summed E-state index contributed by atoms with van der Waals surface area (Å²) in [6.07, 6.45) is 0. The molecule has 1 aliphatic carbocycles. The van der Waals surface area contributed by atoms with Crippen molar-refractivity contribution in [2.24, 2.45) is 0 Å². The van der Waals surface area contributed by atoms with E-state index < -0.39 is 5.41 Å². The monoisotopic (exact) mass is 823 g/mol. The molecule has 0 bridgehead atoms. The zero-order valence-electron chi connectivity index (χ0n) is 33.6. The molecule has 2 aromatic heterocycles. The third kappa shape index (κ3) is 5.19. The van der Waals surface area contributed by atoms with Gasteiger partial charge in [0.15, 0.2) is 0 Å². The molecule has 2 heterocycles. The van der Waals surface area contributed by atoms with Crippen molar-refractivity contribution in [2.45, 2.75) is 5.41 Å². The lowest BCUT2D eigenvalue weighted by molar-refractivity contribution is 0.768. The second-order valence-corrected chi connectivity index (χ2v) is 18.5. The smallest absolute Gasteiger partial charge is 0.0714 e. The van der Waals surface area contributed by atoms with E-state index in [-0.39, 0.29) is 0 Å². The molecular weight excluding hydrogens is 787 g/mol. The van der Waals surface area contributed by atoms with Gasteiger partial charge in [0.05, 0.1) is 5.41 Å². The van der Waals surface area contributed by atoms with Crippen molar-refractivity contribution in [3.05, 3.63) is 247 Å². The van der Waals surface area contributed by atoms with E-state index in [1.807, 2.05) is 22.7 Å². The Kier molecular flexibility index (Phi) is 7.93. The third-order valence-electron chi connectivity index (χ3n) is 13.1. The van der Waals surface area contributed by atoms with Crippen LogP contribution in [0.5, 0.6) is 0 Å². The first kappa shape index (κ1) is 35.5. The minimum Gasteiger partial charge on any atom is -0.310 e. The summed E-state index contributed by atoms with van der Waals surface area (Å²) in [4.78, 5) is 2.41. The molecular formula is C59H37NS2. The number of rotatable bonds is 6. The summed E-state index contributed by atoms with van der Waals surface area (Å²) in [5.74, 6) is 0. The first-order valence-electron chi connectivity index (χ1n) is 21.2. The zero-order chi connectivity index (χ0) is 40.8. The molecule has 1 nitrogen and oxygen atoms in total. The van der Waals surface area contributed by atoms with Crippen molar-refractivity contribution >= 4 is 90.9 Å². The molecule has 0 saturated heterocycles. The van der Waals surface area contributed by atoms with Gasteiger partial charge >= 0.3 is 0 Å². The minimum absolute atomic E-state index is 0.477. The fraction of sp³-hybridized carbons (Fsp3) is 0.0169. The van der Waals surface area contributed by atoms with E-state index >= 15 is 0 Å². The number of hydrogen-bond donors (Lipinski definition) is 0. The molecule has 1 aliphatic rings. The highest BCUT2D eigenvalue weighted by Crippen LogP contribution is 2.57. The van der Waals surface area contributed by atoms with Gasteiger partial charge in [0.25, 0.3) is 0 Å². The van der Waals surface area contributed by atoms with Crippen LogP contribution in [0.4, 0.5) is 17.1 Å². The maximum Gasteiger partial charge on any atom is 0.0714 e. The molecule has 0 saturated carbocycles. The summed E-state index contributed by atoms with van der Waals surface area (Å²) < 4.78 is 5.34. The predicted octanol–water partition coefficient (Wildman–Crippen LogP) is 17.1. The van der Waals surface area contributed by atoms with Crippen LogP contribution >= 0.6 is 22.7 Å². The topological polar surface area (TPSA) is 3.24 Å². The summed E-state index contributed by atoms with van der Waals surface area (Å²) >= 11 is 3.79. The molecule has 62 heavy (non-hydrogen) atoms. The molecule has 0 aliphatic heterocycles. The number of thiophene rings is 2. The average Bonchev–Trinajstić information content (AvgIpc) is 4.01. The lowest BCUT2D eigenvalue weighted by Gasteiger charge is -2.35. The second kappa shape index (κ2) is 13.9. The molecule has 0 spiro atoms. The molecule has 0 unspecified atom stereocenters. The largest absolute Gasteiger partial charge is 0.310 e. The molecule has 12 aromatic rings. The van der Waals surface area contributed by atoms with Crippen LogP contribution in [0.25, 0.3) is 73.4 Å². The maximum absolute atomic E-state index is 2.45. The summed E-state index contributed by atoms with van der Waals surface area (Å²) in [5.41, 5.74) is 13.0. The van der Waals surface area contributed by atoms with Gasteiger partial charge in [0.2, 0.25) is 0 Å². The first-order chi connectivity index (χ1) is 30.7. The number of para-hydroxylation sites is 1. The van der Waals surface area contributed by atoms with Crippen molar-refractivity contribution in [1.82, 2.24) is 0 Å². The van der Waals surface area contributed by atoms with Crippen LogP contribution in [0, 0.1) is 0 Å². The predicted molar refractivity (Wildman–Crippen MR) is 267 cm³/mol. The Morgan fingerprint density at radius 3 is 1.58 bits per heavy atom. The average molecular weight is 824 g/mol. The van der Waals surface area contributed by atoms with Crippen LogP contribution in [0.3, 0.4) is 0 Å². The Hall–Kier alpha value is -7.30. The standard InChI is InChI=1S/C59H37NS2/c1-4-14-41(15-5-1)59(42-16-6-2-7-17-42)50-22-12-10-20-46(50)47-32-31-45(37-51(47)59)60(43-18-8-3-9-19-43)44-29-24-38(25-30-44)40-28-33-53-49(36-40)58-55(62-53)35-27-39-26-34-54-57(56(39)58)48-21-11-13-23-52(48)61-54/h1-37H. The highest BCUT2D eigenvalue weighted by atomic mass is 32.1. The summed E-state index contributed by atoms with van der Waals surface area (Å²) in [6.45, 7) is 0. The fourth-order valence-corrected chi connectivity index (χ4v) is 12.7. The summed E-state index contributed by atoms with van der Waals surface area (Å²) in [5, 5.41) is 8.08. The third-order valence-corrected chi connectivity index (χ3v) is 15.4. The molecule has 0 amide bonds. The van der Waals surface area contributed by atoms with Crippen LogP contribution in [-0.4, -0.2) is 0 Å². The number of hydrogen-bond acceptors (Lipinski definition) is 3. The zero-order valence-corrected chi connectivity index (χ0v) is 35.3. The van der Waals surface area contributed by atoms with Crippen LogP contribution < -0.4 is 4.90 Å². The molecule has 10 aromatic carbocycles. The van der Waals surface area contributed by atoms with Gasteiger partial charge in [-0.25, -0.2) is 0 Å². The first-order valence-corrected chi connectivity index (χ1v) is 22.9. The van der Waals surface area contributed by atoms with Gasteiger partial charge in [-0.3, -0.25) is 0 Å². The Balaban J connectivity index is 0.963.